The van der Waals surface area contributed by atoms with Gasteiger partial charge >= 0.3 is 0 Å². The maximum Gasteiger partial charge on any atom is 0.237 e. The summed E-state index contributed by atoms with van der Waals surface area (Å²) in [6.07, 6.45) is 3.02. The molecule has 5 heteroatoms. The van der Waals surface area contributed by atoms with Crippen LogP contribution in [-0.2, 0) is 9.59 Å². The zero-order valence-corrected chi connectivity index (χ0v) is 11.8. The molecule has 0 aliphatic heterocycles. The molecule has 104 valence electrons. The van der Waals surface area contributed by atoms with Gasteiger partial charge in [-0.3, -0.25) is 14.9 Å². The summed E-state index contributed by atoms with van der Waals surface area (Å²) in [5, 5.41) is 8.76. The fourth-order valence-corrected chi connectivity index (χ4v) is 1.40. The Bertz CT molecular complexity index is 311. The van der Waals surface area contributed by atoms with E-state index < -0.39 is 0 Å². The second kappa shape index (κ2) is 6.18. The highest BCUT2D eigenvalue weighted by atomic mass is 16.2. The van der Waals surface area contributed by atoms with Gasteiger partial charge in [-0.25, -0.2) is 0 Å². The fourth-order valence-electron chi connectivity index (χ4n) is 1.40. The summed E-state index contributed by atoms with van der Waals surface area (Å²) in [7, 11) is 0. The molecule has 1 atom stereocenters. The van der Waals surface area contributed by atoms with Crippen molar-refractivity contribution in [3.05, 3.63) is 0 Å². The second-order valence-corrected chi connectivity index (χ2v) is 5.67. The molecule has 0 aromatic heterocycles. The molecule has 18 heavy (non-hydrogen) atoms. The van der Waals surface area contributed by atoms with Crippen molar-refractivity contribution < 1.29 is 9.59 Å². The van der Waals surface area contributed by atoms with Crippen molar-refractivity contribution in [1.29, 1.82) is 0 Å². The van der Waals surface area contributed by atoms with Gasteiger partial charge in [-0.2, -0.15) is 0 Å². The number of carbonyl (C=O) groups is 2. The van der Waals surface area contributed by atoms with Crippen LogP contribution >= 0.6 is 0 Å². The number of rotatable bonds is 7. The van der Waals surface area contributed by atoms with Gasteiger partial charge in [0.05, 0.1) is 12.6 Å². The van der Waals surface area contributed by atoms with Crippen LogP contribution in [0.5, 0.6) is 0 Å². The minimum Gasteiger partial charge on any atom is -0.352 e. The second-order valence-electron chi connectivity index (χ2n) is 5.67. The molecule has 0 radical (unpaired) electrons. The molecule has 0 aromatic carbocycles. The Kier molecular flexibility index (Phi) is 5.14. The average Bonchev–Trinajstić information content (AvgIpc) is 3.09. The molecule has 1 aliphatic rings. The number of hydrogen-bond acceptors (Lipinski definition) is 3. The summed E-state index contributed by atoms with van der Waals surface area (Å²) in [4.78, 5) is 23.3. The Balaban J connectivity index is 2.22. The first kappa shape index (κ1) is 15.0. The first-order valence-corrected chi connectivity index (χ1v) is 6.69. The summed E-state index contributed by atoms with van der Waals surface area (Å²) >= 11 is 0. The zero-order chi connectivity index (χ0) is 13.8. The van der Waals surface area contributed by atoms with E-state index in [9.17, 15) is 9.59 Å². The SMILES string of the molecule is CCC(C)(C)NC(=O)CNC(C)C(=O)NC1CC1. The van der Waals surface area contributed by atoms with Crippen molar-refractivity contribution in [2.75, 3.05) is 6.54 Å². The van der Waals surface area contributed by atoms with Crippen molar-refractivity contribution in [3.8, 4) is 0 Å². The molecule has 0 heterocycles. The summed E-state index contributed by atoms with van der Waals surface area (Å²) in [5.41, 5.74) is -0.196. The van der Waals surface area contributed by atoms with Gasteiger partial charge in [0.2, 0.25) is 11.8 Å². The van der Waals surface area contributed by atoms with Crippen molar-refractivity contribution >= 4 is 11.8 Å². The van der Waals surface area contributed by atoms with Gasteiger partial charge in [0, 0.05) is 11.6 Å². The Morgan fingerprint density at radius 2 is 1.94 bits per heavy atom. The van der Waals surface area contributed by atoms with E-state index >= 15 is 0 Å². The summed E-state index contributed by atoms with van der Waals surface area (Å²) in [6, 6.07) is 0.0238. The van der Waals surface area contributed by atoms with Gasteiger partial charge in [-0.15, -0.1) is 0 Å². The van der Waals surface area contributed by atoms with Crippen molar-refractivity contribution in [1.82, 2.24) is 16.0 Å². The van der Waals surface area contributed by atoms with Crippen molar-refractivity contribution in [3.63, 3.8) is 0 Å². The molecule has 1 rings (SSSR count). The van der Waals surface area contributed by atoms with E-state index in [-0.39, 0.29) is 29.9 Å². The first-order valence-electron chi connectivity index (χ1n) is 6.69. The largest absolute Gasteiger partial charge is 0.352 e. The third-order valence-corrected chi connectivity index (χ3v) is 3.25. The van der Waals surface area contributed by atoms with E-state index in [1.165, 1.54) is 0 Å². The molecule has 0 aromatic rings. The predicted molar refractivity (Wildman–Crippen MR) is 71.1 cm³/mol. The number of carbonyl (C=O) groups excluding carboxylic acids is 2. The van der Waals surface area contributed by atoms with Crippen molar-refractivity contribution in [2.24, 2.45) is 0 Å². The van der Waals surface area contributed by atoms with Gasteiger partial charge < -0.3 is 10.6 Å². The Labute approximate surface area is 109 Å². The molecule has 1 fully saturated rings. The van der Waals surface area contributed by atoms with E-state index in [0.717, 1.165) is 19.3 Å². The molecule has 0 saturated heterocycles. The van der Waals surface area contributed by atoms with E-state index in [1.807, 2.05) is 20.8 Å². The third kappa shape index (κ3) is 5.49. The smallest absolute Gasteiger partial charge is 0.237 e. The Hall–Kier alpha value is -1.10. The molecule has 1 unspecified atom stereocenters. The first-order chi connectivity index (χ1) is 8.34. The monoisotopic (exact) mass is 255 g/mol. The van der Waals surface area contributed by atoms with E-state index in [0.29, 0.717) is 6.04 Å². The maximum atomic E-state index is 11.7. The maximum absolute atomic E-state index is 11.7. The van der Waals surface area contributed by atoms with Crippen LogP contribution in [0.3, 0.4) is 0 Å². The minimum absolute atomic E-state index is 0.0277. The molecular weight excluding hydrogens is 230 g/mol. The van der Waals surface area contributed by atoms with Crippen LogP contribution in [0.1, 0.15) is 47.0 Å². The highest BCUT2D eigenvalue weighted by molar-refractivity contribution is 5.83. The zero-order valence-electron chi connectivity index (χ0n) is 11.8. The molecule has 0 bridgehead atoms. The normalized spacial score (nSPS) is 17.1. The lowest BCUT2D eigenvalue weighted by molar-refractivity contribution is -0.124. The van der Waals surface area contributed by atoms with Crippen LogP contribution in [0, 0.1) is 0 Å². The van der Waals surface area contributed by atoms with Crippen LogP contribution in [0.15, 0.2) is 0 Å². The summed E-state index contributed by atoms with van der Waals surface area (Å²) < 4.78 is 0. The van der Waals surface area contributed by atoms with E-state index in [2.05, 4.69) is 16.0 Å². The van der Waals surface area contributed by atoms with Gasteiger partial charge in [0.25, 0.3) is 0 Å². The van der Waals surface area contributed by atoms with Gasteiger partial charge in [0.15, 0.2) is 0 Å². The third-order valence-electron chi connectivity index (χ3n) is 3.25. The highest BCUT2D eigenvalue weighted by Gasteiger charge is 2.26. The van der Waals surface area contributed by atoms with Crippen LogP contribution in [0.2, 0.25) is 0 Å². The van der Waals surface area contributed by atoms with Gasteiger partial charge in [-0.05, 0) is 40.0 Å². The molecule has 0 spiro atoms. The number of nitrogens with one attached hydrogen (secondary N) is 3. The fraction of sp³-hybridized carbons (Fsp3) is 0.846. The predicted octanol–water partition coefficient (Wildman–Crippen LogP) is 0.548. The van der Waals surface area contributed by atoms with Crippen LogP contribution < -0.4 is 16.0 Å². The topological polar surface area (TPSA) is 70.2 Å². The average molecular weight is 255 g/mol. The molecule has 2 amide bonds. The lowest BCUT2D eigenvalue weighted by Crippen LogP contribution is -2.50. The van der Waals surface area contributed by atoms with Gasteiger partial charge in [-0.1, -0.05) is 6.92 Å². The summed E-state index contributed by atoms with van der Waals surface area (Å²) in [6.45, 7) is 7.93. The Morgan fingerprint density at radius 1 is 1.33 bits per heavy atom. The Morgan fingerprint density at radius 3 is 2.44 bits per heavy atom. The summed E-state index contributed by atoms with van der Waals surface area (Å²) in [5.74, 6) is -0.104. The quantitative estimate of drug-likeness (QED) is 0.622. The molecule has 5 nitrogen and oxygen atoms in total. The lowest BCUT2D eigenvalue weighted by Gasteiger charge is -2.25. The minimum atomic E-state index is -0.332. The molecule has 3 N–H and O–H groups in total. The number of amides is 2. The van der Waals surface area contributed by atoms with Gasteiger partial charge in [0.1, 0.15) is 0 Å². The molecule has 1 aliphatic carbocycles. The van der Waals surface area contributed by atoms with Crippen molar-refractivity contribution in [2.45, 2.75) is 64.6 Å². The van der Waals surface area contributed by atoms with E-state index in [1.54, 1.807) is 6.92 Å². The standard InChI is InChI=1S/C13H25N3O2/c1-5-13(3,4)16-11(17)8-14-9(2)12(18)15-10-6-7-10/h9-10,14H,5-8H2,1-4H3,(H,15,18)(H,16,17). The van der Waals surface area contributed by atoms with Crippen LogP contribution in [-0.4, -0.2) is 36.0 Å². The van der Waals surface area contributed by atoms with Crippen LogP contribution in [0.4, 0.5) is 0 Å². The number of hydrogen-bond donors (Lipinski definition) is 3. The molecular formula is C13H25N3O2. The molecule has 1 saturated carbocycles. The highest BCUT2D eigenvalue weighted by Crippen LogP contribution is 2.18. The lowest BCUT2D eigenvalue weighted by atomic mass is 10.0. The van der Waals surface area contributed by atoms with E-state index in [4.69, 9.17) is 0 Å². The van der Waals surface area contributed by atoms with Crippen LogP contribution in [0.25, 0.3) is 0 Å².